The summed E-state index contributed by atoms with van der Waals surface area (Å²) in [6.45, 7) is 2.90. The third-order valence-electron chi connectivity index (χ3n) is 5.83. The average Bonchev–Trinajstić information content (AvgIpc) is 3.28. The summed E-state index contributed by atoms with van der Waals surface area (Å²) >= 11 is 0. The van der Waals surface area contributed by atoms with Crippen LogP contribution in [0.25, 0.3) is 5.69 Å². The van der Waals surface area contributed by atoms with Crippen LogP contribution in [0.3, 0.4) is 0 Å². The summed E-state index contributed by atoms with van der Waals surface area (Å²) in [5, 5.41) is 4.52. The monoisotopic (exact) mass is 402 g/mol. The van der Waals surface area contributed by atoms with E-state index >= 15 is 0 Å². The molecule has 5 rings (SSSR count). The fourth-order valence-corrected chi connectivity index (χ4v) is 4.29. The molecule has 0 saturated carbocycles. The first-order valence-electron chi connectivity index (χ1n) is 10.7. The van der Waals surface area contributed by atoms with Crippen molar-refractivity contribution < 1.29 is 9.53 Å². The standard InChI is InChI=1S/C24H26N4O2/c29-24(26-13-7-2-8-14-26)23-18-27(21-11-5-6-12-22(21)30-23)16-19-15-25-28(17-19)20-9-3-1-4-10-20/h1,3-6,9-12,15,17,23H,2,7-8,13-14,16,18H2/t23-/m1/s1. The Morgan fingerprint density at radius 3 is 2.60 bits per heavy atom. The lowest BCUT2D eigenvalue weighted by molar-refractivity contribution is -0.139. The number of anilines is 1. The number of piperidine rings is 1. The van der Waals surface area contributed by atoms with E-state index in [2.05, 4.69) is 22.3 Å². The van der Waals surface area contributed by atoms with Crippen LogP contribution >= 0.6 is 0 Å². The molecule has 0 aliphatic carbocycles. The lowest BCUT2D eigenvalue weighted by Gasteiger charge is -2.38. The Bertz CT molecular complexity index is 1010. The average molecular weight is 402 g/mol. The zero-order valence-electron chi connectivity index (χ0n) is 17.0. The Morgan fingerprint density at radius 1 is 1.00 bits per heavy atom. The van der Waals surface area contributed by atoms with Gasteiger partial charge in [0.25, 0.3) is 5.91 Å². The molecular weight excluding hydrogens is 376 g/mol. The van der Waals surface area contributed by atoms with Crippen molar-refractivity contribution >= 4 is 11.6 Å². The van der Waals surface area contributed by atoms with E-state index in [0.717, 1.165) is 48.6 Å². The number of aromatic nitrogens is 2. The number of likely N-dealkylation sites (tertiary alicyclic amines) is 1. The highest BCUT2D eigenvalue weighted by Gasteiger charge is 2.34. The number of carbonyl (C=O) groups excluding carboxylic acids is 1. The van der Waals surface area contributed by atoms with Crippen molar-refractivity contribution in [3.63, 3.8) is 0 Å². The molecule has 2 aliphatic rings. The molecule has 0 unspecified atom stereocenters. The number of ether oxygens (including phenoxy) is 1. The van der Waals surface area contributed by atoms with E-state index in [1.807, 2.05) is 64.3 Å². The Kier molecular flexibility index (Phi) is 5.13. The largest absolute Gasteiger partial charge is 0.477 e. The summed E-state index contributed by atoms with van der Waals surface area (Å²) < 4.78 is 8.02. The normalized spacial score (nSPS) is 18.6. The predicted octanol–water partition coefficient (Wildman–Crippen LogP) is 3.65. The molecule has 6 nitrogen and oxygen atoms in total. The van der Waals surface area contributed by atoms with E-state index < -0.39 is 6.10 Å². The van der Waals surface area contributed by atoms with Crippen LogP contribution in [-0.2, 0) is 11.3 Å². The van der Waals surface area contributed by atoms with Crippen LogP contribution in [0.5, 0.6) is 5.75 Å². The predicted molar refractivity (Wildman–Crippen MR) is 116 cm³/mol. The van der Waals surface area contributed by atoms with E-state index in [9.17, 15) is 4.79 Å². The topological polar surface area (TPSA) is 50.6 Å². The molecule has 1 fully saturated rings. The van der Waals surface area contributed by atoms with Gasteiger partial charge in [0.2, 0.25) is 0 Å². The maximum Gasteiger partial charge on any atom is 0.265 e. The highest BCUT2D eigenvalue weighted by atomic mass is 16.5. The third kappa shape index (κ3) is 3.77. The Hall–Kier alpha value is -3.28. The van der Waals surface area contributed by atoms with Crippen molar-refractivity contribution in [3.8, 4) is 11.4 Å². The quantitative estimate of drug-likeness (QED) is 0.668. The van der Waals surface area contributed by atoms with Crippen LogP contribution in [-0.4, -0.2) is 46.3 Å². The van der Waals surface area contributed by atoms with Crippen LogP contribution in [0.15, 0.2) is 67.0 Å². The van der Waals surface area contributed by atoms with Crippen LogP contribution in [0.1, 0.15) is 24.8 Å². The van der Waals surface area contributed by atoms with E-state index in [1.54, 1.807) is 0 Å². The number of para-hydroxylation sites is 3. The second-order valence-electron chi connectivity index (χ2n) is 7.97. The third-order valence-corrected chi connectivity index (χ3v) is 5.83. The van der Waals surface area contributed by atoms with Crippen molar-refractivity contribution in [2.75, 3.05) is 24.5 Å². The molecule has 0 spiro atoms. The van der Waals surface area contributed by atoms with Gasteiger partial charge in [0.05, 0.1) is 24.1 Å². The van der Waals surface area contributed by atoms with Gasteiger partial charge in [0, 0.05) is 31.4 Å². The summed E-state index contributed by atoms with van der Waals surface area (Å²) in [7, 11) is 0. The highest BCUT2D eigenvalue weighted by Crippen LogP contribution is 2.34. The number of hydrogen-bond donors (Lipinski definition) is 0. The minimum absolute atomic E-state index is 0.106. The number of hydrogen-bond acceptors (Lipinski definition) is 4. The molecule has 3 aromatic rings. The first-order chi connectivity index (χ1) is 14.8. The van der Waals surface area contributed by atoms with Crippen LogP contribution in [0.4, 0.5) is 5.69 Å². The lowest BCUT2D eigenvalue weighted by atomic mass is 10.1. The van der Waals surface area contributed by atoms with E-state index in [0.29, 0.717) is 13.1 Å². The molecule has 2 aliphatic heterocycles. The van der Waals surface area contributed by atoms with Gasteiger partial charge in [-0.25, -0.2) is 4.68 Å². The summed E-state index contributed by atoms with van der Waals surface area (Å²) in [4.78, 5) is 17.3. The molecule has 6 heteroatoms. The maximum absolute atomic E-state index is 13.1. The Balaban J connectivity index is 1.37. The molecule has 0 radical (unpaired) electrons. The molecular formula is C24H26N4O2. The number of rotatable bonds is 4. The number of fused-ring (bicyclic) bond motifs is 1. The van der Waals surface area contributed by atoms with Gasteiger partial charge in [0.1, 0.15) is 5.75 Å². The first kappa shape index (κ1) is 18.7. The molecule has 2 aromatic carbocycles. The van der Waals surface area contributed by atoms with E-state index in [4.69, 9.17) is 4.74 Å². The molecule has 154 valence electrons. The van der Waals surface area contributed by atoms with Crippen molar-refractivity contribution in [1.29, 1.82) is 0 Å². The minimum atomic E-state index is -0.470. The van der Waals surface area contributed by atoms with Crippen molar-refractivity contribution in [1.82, 2.24) is 14.7 Å². The van der Waals surface area contributed by atoms with Crippen LogP contribution in [0, 0.1) is 0 Å². The number of benzene rings is 2. The first-order valence-corrected chi connectivity index (χ1v) is 10.7. The van der Waals surface area contributed by atoms with Crippen LogP contribution in [0.2, 0.25) is 0 Å². The summed E-state index contributed by atoms with van der Waals surface area (Å²) in [5.41, 5.74) is 3.15. The smallest absolute Gasteiger partial charge is 0.265 e. The van der Waals surface area contributed by atoms with E-state index in [-0.39, 0.29) is 5.91 Å². The van der Waals surface area contributed by atoms with Gasteiger partial charge in [0.15, 0.2) is 6.10 Å². The molecule has 30 heavy (non-hydrogen) atoms. The van der Waals surface area contributed by atoms with Gasteiger partial charge < -0.3 is 14.5 Å². The second-order valence-corrected chi connectivity index (χ2v) is 7.97. The summed E-state index contributed by atoms with van der Waals surface area (Å²) in [5.74, 6) is 0.878. The second kappa shape index (κ2) is 8.22. The lowest BCUT2D eigenvalue weighted by Crippen LogP contribution is -2.51. The molecule has 3 heterocycles. The maximum atomic E-state index is 13.1. The van der Waals surface area contributed by atoms with E-state index in [1.165, 1.54) is 6.42 Å². The number of amides is 1. The van der Waals surface area contributed by atoms with Gasteiger partial charge in [-0.15, -0.1) is 0 Å². The van der Waals surface area contributed by atoms with Gasteiger partial charge in [-0.1, -0.05) is 30.3 Å². The Labute approximate surface area is 176 Å². The zero-order valence-corrected chi connectivity index (χ0v) is 17.0. The molecule has 0 bridgehead atoms. The van der Waals surface area contributed by atoms with Crippen molar-refractivity contribution in [3.05, 3.63) is 72.6 Å². The molecule has 1 amide bonds. The summed E-state index contributed by atoms with van der Waals surface area (Å²) in [6, 6.07) is 18.1. The number of nitrogens with zero attached hydrogens (tertiary/aromatic N) is 4. The zero-order chi connectivity index (χ0) is 20.3. The molecule has 1 aromatic heterocycles. The fourth-order valence-electron chi connectivity index (χ4n) is 4.29. The van der Waals surface area contributed by atoms with Gasteiger partial charge in [-0.05, 0) is 43.5 Å². The number of carbonyl (C=O) groups is 1. The van der Waals surface area contributed by atoms with Crippen LogP contribution < -0.4 is 9.64 Å². The molecule has 0 N–H and O–H groups in total. The summed E-state index contributed by atoms with van der Waals surface area (Å²) in [6.07, 6.45) is 6.84. The SMILES string of the molecule is O=C([C@H]1CN(Cc2cnn(-c3ccccc3)c2)c2ccccc2O1)N1CCCCC1. The minimum Gasteiger partial charge on any atom is -0.477 e. The van der Waals surface area contributed by atoms with Gasteiger partial charge >= 0.3 is 0 Å². The van der Waals surface area contributed by atoms with Gasteiger partial charge in [-0.2, -0.15) is 5.10 Å². The highest BCUT2D eigenvalue weighted by molar-refractivity contribution is 5.83. The van der Waals surface area contributed by atoms with Crippen molar-refractivity contribution in [2.24, 2.45) is 0 Å². The van der Waals surface area contributed by atoms with Gasteiger partial charge in [-0.3, -0.25) is 4.79 Å². The fraction of sp³-hybridized carbons (Fsp3) is 0.333. The van der Waals surface area contributed by atoms with Crippen molar-refractivity contribution in [2.45, 2.75) is 31.9 Å². The molecule has 1 saturated heterocycles. The molecule has 1 atom stereocenters. The Morgan fingerprint density at radius 2 is 1.77 bits per heavy atom.